The Morgan fingerprint density at radius 1 is 0.935 bits per heavy atom. The lowest BCUT2D eigenvalue weighted by Gasteiger charge is -2.30. The zero-order valence-electron chi connectivity index (χ0n) is 17.2. The van der Waals surface area contributed by atoms with E-state index in [9.17, 15) is 13.2 Å². The highest BCUT2D eigenvalue weighted by Crippen LogP contribution is 2.37. The Kier molecular flexibility index (Phi) is 6.06. The first-order chi connectivity index (χ1) is 15.0. The third kappa shape index (κ3) is 4.47. The lowest BCUT2D eigenvalue weighted by atomic mass is 10.1. The van der Waals surface area contributed by atoms with E-state index in [1.165, 1.54) is 9.42 Å². The van der Waals surface area contributed by atoms with Gasteiger partial charge in [-0.05, 0) is 36.6 Å². The second kappa shape index (κ2) is 8.91. The predicted molar refractivity (Wildman–Crippen MR) is 117 cm³/mol. The summed E-state index contributed by atoms with van der Waals surface area (Å²) in [7, 11) is -3.97. The van der Waals surface area contributed by atoms with E-state index in [0.29, 0.717) is 6.42 Å². The van der Waals surface area contributed by atoms with Gasteiger partial charge in [0, 0.05) is 6.54 Å². The second-order valence-electron chi connectivity index (χ2n) is 7.47. The Balaban J connectivity index is 1.65. The van der Waals surface area contributed by atoms with E-state index in [4.69, 9.17) is 4.74 Å². The summed E-state index contributed by atoms with van der Waals surface area (Å²) in [6, 6.07) is 24.8. The Morgan fingerprint density at radius 3 is 2.19 bits per heavy atom. The van der Waals surface area contributed by atoms with E-state index in [0.717, 1.165) is 16.7 Å². The molecule has 7 heteroatoms. The molecule has 1 aliphatic rings. The van der Waals surface area contributed by atoms with E-state index in [1.807, 2.05) is 67.6 Å². The van der Waals surface area contributed by atoms with Crippen LogP contribution in [0.25, 0.3) is 0 Å². The zero-order chi connectivity index (χ0) is 21.8. The van der Waals surface area contributed by atoms with Crippen LogP contribution in [-0.4, -0.2) is 30.5 Å². The quantitative estimate of drug-likeness (QED) is 0.582. The van der Waals surface area contributed by atoms with Crippen LogP contribution in [0.2, 0.25) is 0 Å². The van der Waals surface area contributed by atoms with Crippen LogP contribution in [-0.2, 0) is 21.4 Å². The van der Waals surface area contributed by atoms with Crippen molar-refractivity contribution < 1.29 is 17.9 Å². The van der Waals surface area contributed by atoms with Gasteiger partial charge in [0.05, 0.1) is 10.9 Å². The number of hydrogen-bond acceptors (Lipinski definition) is 4. The molecule has 3 aromatic rings. The van der Waals surface area contributed by atoms with Gasteiger partial charge in [-0.25, -0.2) is 18.2 Å². The summed E-state index contributed by atoms with van der Waals surface area (Å²) in [4.78, 5) is 13.1. The predicted octanol–water partition coefficient (Wildman–Crippen LogP) is 4.68. The Bertz CT molecular complexity index is 1130. The molecule has 6 nitrogen and oxygen atoms in total. The molecule has 1 fully saturated rings. The van der Waals surface area contributed by atoms with Gasteiger partial charge in [0.25, 0.3) is 10.0 Å². The average molecular weight is 437 g/mol. The molecule has 1 atom stereocenters. The van der Waals surface area contributed by atoms with Gasteiger partial charge in [0.1, 0.15) is 6.61 Å². The van der Waals surface area contributed by atoms with E-state index in [1.54, 1.807) is 24.3 Å². The molecule has 0 spiro atoms. The maximum Gasteiger partial charge on any atom is 0.425 e. The fraction of sp³-hybridized carbons (Fsp3) is 0.208. The Morgan fingerprint density at radius 2 is 1.55 bits per heavy atom. The van der Waals surface area contributed by atoms with Crippen LogP contribution in [0.5, 0.6) is 0 Å². The molecule has 4 rings (SSSR count). The van der Waals surface area contributed by atoms with Crippen LogP contribution in [0.1, 0.15) is 29.2 Å². The van der Waals surface area contributed by atoms with Crippen molar-refractivity contribution >= 4 is 16.1 Å². The highest BCUT2D eigenvalue weighted by Gasteiger charge is 2.45. The molecule has 3 aromatic carbocycles. The summed E-state index contributed by atoms with van der Waals surface area (Å²) in [5.41, 5.74) is 2.62. The number of benzene rings is 3. The van der Waals surface area contributed by atoms with Gasteiger partial charge in [0.2, 0.25) is 0 Å². The SMILES string of the molecule is Cc1ccc(S(=O)(=O)N2[C@@H](c3ccccc3)CCN2C(=O)OCc2ccccc2)cc1. The molecule has 1 aliphatic heterocycles. The first-order valence-electron chi connectivity index (χ1n) is 10.1. The number of rotatable bonds is 5. The molecule has 1 saturated heterocycles. The van der Waals surface area contributed by atoms with Gasteiger partial charge >= 0.3 is 6.09 Å². The molecule has 31 heavy (non-hydrogen) atoms. The number of amides is 1. The minimum absolute atomic E-state index is 0.0740. The third-order valence-corrected chi connectivity index (χ3v) is 7.10. The van der Waals surface area contributed by atoms with Crippen molar-refractivity contribution in [1.29, 1.82) is 0 Å². The second-order valence-corrected chi connectivity index (χ2v) is 9.26. The first-order valence-corrected chi connectivity index (χ1v) is 11.5. The molecule has 0 unspecified atom stereocenters. The van der Waals surface area contributed by atoms with Crippen LogP contribution in [0.3, 0.4) is 0 Å². The van der Waals surface area contributed by atoms with Crippen molar-refractivity contribution in [3.05, 3.63) is 102 Å². The molecular weight excluding hydrogens is 412 g/mol. The van der Waals surface area contributed by atoms with Crippen LogP contribution < -0.4 is 0 Å². The number of hydrazine groups is 1. The molecule has 160 valence electrons. The lowest BCUT2D eigenvalue weighted by Crippen LogP contribution is -2.45. The van der Waals surface area contributed by atoms with Crippen LogP contribution in [0.4, 0.5) is 4.79 Å². The standard InChI is InChI=1S/C24H24N2O4S/c1-19-12-14-22(15-13-19)31(28,29)26-23(21-10-6-3-7-11-21)16-17-25(26)24(27)30-18-20-8-4-2-5-9-20/h2-15,23H,16-18H2,1H3/t23-/m1/s1. The first kappa shape index (κ1) is 21.1. The van der Waals surface area contributed by atoms with Gasteiger partial charge in [-0.1, -0.05) is 82.8 Å². The monoisotopic (exact) mass is 436 g/mol. The van der Waals surface area contributed by atoms with Crippen molar-refractivity contribution in [3.63, 3.8) is 0 Å². The maximum absolute atomic E-state index is 13.6. The summed E-state index contributed by atoms with van der Waals surface area (Å²) in [6.07, 6.45) is -0.201. The summed E-state index contributed by atoms with van der Waals surface area (Å²) < 4.78 is 33.8. The molecule has 0 aliphatic carbocycles. The summed E-state index contributed by atoms with van der Waals surface area (Å²) in [6.45, 7) is 2.22. The Hall–Kier alpha value is -3.16. The number of ether oxygens (including phenoxy) is 1. The van der Waals surface area contributed by atoms with Crippen LogP contribution in [0.15, 0.2) is 89.8 Å². The number of nitrogens with zero attached hydrogens (tertiary/aromatic N) is 2. The third-order valence-electron chi connectivity index (χ3n) is 5.28. The molecular formula is C24H24N2O4S. The minimum atomic E-state index is -3.97. The summed E-state index contributed by atoms with van der Waals surface area (Å²) in [5.74, 6) is 0. The number of carbonyl (C=O) groups excluding carboxylic acids is 1. The van der Waals surface area contributed by atoms with Gasteiger partial charge < -0.3 is 4.74 Å². The number of sulfonamides is 1. The zero-order valence-corrected chi connectivity index (χ0v) is 18.0. The molecule has 1 heterocycles. The van der Waals surface area contributed by atoms with Crippen LogP contribution >= 0.6 is 0 Å². The summed E-state index contributed by atoms with van der Waals surface area (Å²) >= 11 is 0. The maximum atomic E-state index is 13.6. The molecule has 0 bridgehead atoms. The smallest absolute Gasteiger partial charge is 0.425 e. The molecule has 0 aromatic heterocycles. The van der Waals surface area contributed by atoms with Crippen molar-refractivity contribution in [3.8, 4) is 0 Å². The van der Waals surface area contributed by atoms with Gasteiger partial charge in [-0.3, -0.25) is 0 Å². The van der Waals surface area contributed by atoms with Crippen molar-refractivity contribution in [1.82, 2.24) is 9.42 Å². The molecule has 1 amide bonds. The number of aryl methyl sites for hydroxylation is 1. The number of carbonyl (C=O) groups is 1. The van der Waals surface area contributed by atoms with Crippen molar-refractivity contribution in [2.45, 2.75) is 30.9 Å². The molecule has 0 N–H and O–H groups in total. The van der Waals surface area contributed by atoms with E-state index >= 15 is 0 Å². The number of hydrogen-bond donors (Lipinski definition) is 0. The van der Waals surface area contributed by atoms with Crippen molar-refractivity contribution in [2.75, 3.05) is 6.54 Å². The molecule has 0 saturated carbocycles. The lowest BCUT2D eigenvalue weighted by molar-refractivity contribution is 0.0436. The summed E-state index contributed by atoms with van der Waals surface area (Å²) in [5, 5.41) is 1.20. The highest BCUT2D eigenvalue weighted by molar-refractivity contribution is 7.89. The normalized spacial score (nSPS) is 16.9. The largest absolute Gasteiger partial charge is 0.444 e. The average Bonchev–Trinajstić information content (AvgIpc) is 3.25. The highest BCUT2D eigenvalue weighted by atomic mass is 32.2. The van der Waals surface area contributed by atoms with E-state index in [-0.39, 0.29) is 18.0 Å². The fourth-order valence-electron chi connectivity index (χ4n) is 3.67. The Labute approximate surface area is 182 Å². The van der Waals surface area contributed by atoms with Crippen LogP contribution in [0, 0.1) is 6.92 Å². The van der Waals surface area contributed by atoms with Gasteiger partial charge in [0.15, 0.2) is 0 Å². The molecule has 0 radical (unpaired) electrons. The van der Waals surface area contributed by atoms with Gasteiger partial charge in [-0.15, -0.1) is 0 Å². The van der Waals surface area contributed by atoms with Gasteiger partial charge in [-0.2, -0.15) is 0 Å². The minimum Gasteiger partial charge on any atom is -0.444 e. The van der Waals surface area contributed by atoms with E-state index in [2.05, 4.69) is 0 Å². The van der Waals surface area contributed by atoms with E-state index < -0.39 is 22.2 Å². The fourth-order valence-corrected chi connectivity index (χ4v) is 5.34. The topological polar surface area (TPSA) is 66.9 Å². The van der Waals surface area contributed by atoms with Crippen molar-refractivity contribution in [2.24, 2.45) is 0 Å².